The first-order valence-electron chi connectivity index (χ1n) is 14.0. The van der Waals surface area contributed by atoms with Crippen LogP contribution in [0, 0.1) is 5.92 Å². The molecule has 0 aliphatic heterocycles. The lowest BCUT2D eigenvalue weighted by molar-refractivity contribution is 0.205. The van der Waals surface area contributed by atoms with Crippen molar-refractivity contribution in [2.45, 2.75) is 141 Å². The van der Waals surface area contributed by atoms with Gasteiger partial charge in [0.05, 0.1) is 5.04 Å². The highest BCUT2D eigenvalue weighted by atomic mass is 28.5. The first-order valence-corrected chi connectivity index (χ1v) is 23.3. The minimum absolute atomic E-state index is 0.0327. The number of hydrogen-bond acceptors (Lipinski definition) is 3. The van der Waals surface area contributed by atoms with E-state index in [1.807, 2.05) is 0 Å². The lowest BCUT2D eigenvalue weighted by atomic mass is 10.1. The molecule has 1 fully saturated rings. The van der Waals surface area contributed by atoms with Crippen LogP contribution in [0.15, 0.2) is 12.2 Å². The van der Waals surface area contributed by atoms with Crippen molar-refractivity contribution in [3.05, 3.63) is 12.2 Å². The molecule has 2 bridgehead atoms. The van der Waals surface area contributed by atoms with Gasteiger partial charge < -0.3 is 12.3 Å². The average molecular weight is 515 g/mol. The zero-order valence-corrected chi connectivity index (χ0v) is 26.9. The van der Waals surface area contributed by atoms with Gasteiger partial charge in [-0.25, -0.2) is 0 Å². The largest absolute Gasteiger partial charge is 0.480 e. The second kappa shape index (κ2) is 11.5. The van der Waals surface area contributed by atoms with Crippen molar-refractivity contribution in [2.24, 2.45) is 5.92 Å². The Morgan fingerprint density at radius 2 is 0.969 bits per heavy atom. The number of rotatable bonds is 16. The van der Waals surface area contributed by atoms with Crippen LogP contribution in [0.2, 0.25) is 59.4 Å². The maximum Gasteiger partial charge on any atom is 0.480 e. The van der Waals surface area contributed by atoms with Crippen molar-refractivity contribution in [2.75, 3.05) is 0 Å². The summed E-state index contributed by atoms with van der Waals surface area (Å²) in [5.41, 5.74) is 0. The van der Waals surface area contributed by atoms with Gasteiger partial charge in [0.1, 0.15) is 0 Å². The third-order valence-electron chi connectivity index (χ3n) is 9.74. The molecule has 2 rings (SSSR count). The highest BCUT2D eigenvalue weighted by Gasteiger charge is 2.68. The molecule has 0 radical (unpaired) electrons. The molecule has 0 heterocycles. The van der Waals surface area contributed by atoms with Crippen LogP contribution >= 0.6 is 0 Å². The summed E-state index contributed by atoms with van der Waals surface area (Å²) in [5.74, 6) is 0.709. The van der Waals surface area contributed by atoms with E-state index in [0.29, 0.717) is 5.92 Å². The predicted octanol–water partition coefficient (Wildman–Crippen LogP) is 9.10. The van der Waals surface area contributed by atoms with Gasteiger partial charge in [-0.05, 0) is 79.6 Å². The first kappa shape index (κ1) is 28.7. The predicted molar refractivity (Wildman–Crippen MR) is 150 cm³/mol. The second-order valence-corrected chi connectivity index (χ2v) is 28.6. The van der Waals surface area contributed by atoms with E-state index in [-0.39, 0.29) is 5.04 Å². The summed E-state index contributed by atoms with van der Waals surface area (Å²) in [6, 6.07) is 10.5. The van der Waals surface area contributed by atoms with Crippen LogP contribution in [0.3, 0.4) is 0 Å². The number of fused-ring (bicyclic) bond motifs is 2. The van der Waals surface area contributed by atoms with Crippen LogP contribution in [0.25, 0.3) is 0 Å². The van der Waals surface area contributed by atoms with Crippen molar-refractivity contribution in [3.63, 3.8) is 0 Å². The highest BCUT2D eigenvalue weighted by Crippen LogP contribution is 2.63. The van der Waals surface area contributed by atoms with Crippen LogP contribution < -0.4 is 0 Å². The Bertz CT molecular complexity index is 534. The van der Waals surface area contributed by atoms with E-state index >= 15 is 0 Å². The molecule has 0 spiro atoms. The molecular weight excluding hydrogens is 461 g/mol. The average Bonchev–Trinajstić information content (AvgIpc) is 3.48. The van der Waals surface area contributed by atoms with E-state index in [9.17, 15) is 0 Å². The van der Waals surface area contributed by atoms with Gasteiger partial charge in [-0.3, -0.25) is 0 Å². The standard InChI is InChI=1S/C25H54O3Si4/c1-10-29(11-2,12-3)26-32(27-30(13-4,14-5)15-6,28-31(16-7,17-8)18-9)25-21-19-24(23-25)20-22-25/h19,21,24H,10-18,20,22-23H2,1-9H3. The van der Waals surface area contributed by atoms with Crippen molar-refractivity contribution in [1.29, 1.82) is 0 Å². The smallest absolute Gasteiger partial charge is 0.416 e. The Morgan fingerprint density at radius 1 is 0.625 bits per heavy atom. The molecule has 188 valence electrons. The SMILES string of the molecule is CC[Si](CC)(CC)O[Si](O[Si](CC)(CC)CC)(O[Si](CC)(CC)CC)C12C=CC(CC1)C2. The minimum Gasteiger partial charge on any atom is -0.416 e. The Balaban J connectivity index is 2.75. The summed E-state index contributed by atoms with van der Waals surface area (Å²) in [5, 5.41) is 0.0327. The molecule has 3 nitrogen and oxygen atoms in total. The fourth-order valence-corrected chi connectivity index (χ4v) is 28.1. The van der Waals surface area contributed by atoms with Crippen molar-refractivity contribution in [3.8, 4) is 0 Å². The van der Waals surface area contributed by atoms with Gasteiger partial charge in [-0.1, -0.05) is 74.5 Å². The second-order valence-electron chi connectivity index (χ2n) is 10.6. The molecule has 0 amide bonds. The van der Waals surface area contributed by atoms with Crippen LogP contribution in [0.5, 0.6) is 0 Å². The fraction of sp³-hybridized carbons (Fsp3) is 0.920. The molecule has 32 heavy (non-hydrogen) atoms. The summed E-state index contributed by atoms with van der Waals surface area (Å²) in [6.07, 6.45) is 8.76. The van der Waals surface area contributed by atoms with Crippen LogP contribution in [-0.4, -0.2) is 33.8 Å². The molecule has 2 aliphatic rings. The molecule has 2 atom stereocenters. The molecule has 2 unspecified atom stereocenters. The minimum atomic E-state index is -2.97. The van der Waals surface area contributed by atoms with Gasteiger partial charge in [0.2, 0.25) is 0 Å². The van der Waals surface area contributed by atoms with Crippen molar-refractivity contribution in [1.82, 2.24) is 0 Å². The summed E-state index contributed by atoms with van der Waals surface area (Å²) in [7, 11) is -8.72. The zero-order chi connectivity index (χ0) is 24.1. The normalized spacial score (nSPS) is 24.0. The maximum absolute atomic E-state index is 7.75. The Kier molecular flexibility index (Phi) is 10.3. The Morgan fingerprint density at radius 3 is 1.16 bits per heavy atom. The lowest BCUT2D eigenvalue weighted by Gasteiger charge is -2.54. The lowest BCUT2D eigenvalue weighted by Crippen LogP contribution is -2.68. The van der Waals surface area contributed by atoms with Crippen LogP contribution in [0.1, 0.15) is 81.6 Å². The highest BCUT2D eigenvalue weighted by molar-refractivity contribution is 6.93. The van der Waals surface area contributed by atoms with Crippen LogP contribution in [-0.2, 0) is 12.3 Å². The topological polar surface area (TPSA) is 27.7 Å². The molecule has 2 aliphatic carbocycles. The van der Waals surface area contributed by atoms with Gasteiger partial charge in [0.15, 0.2) is 25.0 Å². The summed E-state index contributed by atoms with van der Waals surface area (Å²) in [4.78, 5) is 0. The van der Waals surface area contributed by atoms with E-state index in [1.165, 1.54) is 73.7 Å². The Hall–Kier alpha value is 0.488. The van der Waals surface area contributed by atoms with Gasteiger partial charge in [-0.15, -0.1) is 0 Å². The monoisotopic (exact) mass is 514 g/mol. The number of hydrogen-bond donors (Lipinski definition) is 0. The summed E-state index contributed by atoms with van der Waals surface area (Å²) < 4.78 is 23.3. The molecule has 1 saturated carbocycles. The molecule has 0 aromatic rings. The van der Waals surface area contributed by atoms with E-state index in [1.54, 1.807) is 0 Å². The third kappa shape index (κ3) is 5.19. The molecule has 0 aromatic carbocycles. The van der Waals surface area contributed by atoms with Gasteiger partial charge in [-0.2, -0.15) is 0 Å². The van der Waals surface area contributed by atoms with Gasteiger partial charge in [0.25, 0.3) is 0 Å². The number of allylic oxidation sites excluding steroid dienone is 2. The van der Waals surface area contributed by atoms with E-state index in [2.05, 4.69) is 74.5 Å². The summed E-state index contributed by atoms with van der Waals surface area (Å²) >= 11 is 0. The molecule has 0 aromatic heterocycles. The van der Waals surface area contributed by atoms with Crippen LogP contribution in [0.4, 0.5) is 0 Å². The zero-order valence-electron chi connectivity index (χ0n) is 22.9. The Labute approximate surface area is 204 Å². The quantitative estimate of drug-likeness (QED) is 0.152. The van der Waals surface area contributed by atoms with Crippen molar-refractivity contribution >= 4 is 33.8 Å². The molecule has 0 N–H and O–H groups in total. The van der Waals surface area contributed by atoms with E-state index in [0.717, 1.165) is 0 Å². The third-order valence-corrected chi connectivity index (χ3v) is 31.6. The molecule has 0 saturated heterocycles. The van der Waals surface area contributed by atoms with Gasteiger partial charge >= 0.3 is 8.80 Å². The first-order chi connectivity index (χ1) is 15.2. The molecule has 7 heteroatoms. The van der Waals surface area contributed by atoms with E-state index < -0.39 is 33.8 Å². The maximum atomic E-state index is 7.75. The van der Waals surface area contributed by atoms with Gasteiger partial charge in [0, 0.05) is 0 Å². The van der Waals surface area contributed by atoms with E-state index in [4.69, 9.17) is 12.3 Å². The fourth-order valence-electron chi connectivity index (χ4n) is 6.25. The van der Waals surface area contributed by atoms with Crippen molar-refractivity contribution < 1.29 is 12.3 Å². The molecular formula is C25H54O3Si4. The summed E-state index contributed by atoms with van der Waals surface area (Å²) in [6.45, 7) is 21.3.